The van der Waals surface area contributed by atoms with E-state index in [2.05, 4.69) is 5.32 Å². The smallest absolute Gasteiger partial charge is 0.241 e. The van der Waals surface area contributed by atoms with Crippen LogP contribution in [0.1, 0.15) is 26.0 Å². The molecule has 0 radical (unpaired) electrons. The van der Waals surface area contributed by atoms with E-state index in [9.17, 15) is 4.79 Å². The molecule has 1 aromatic rings. The van der Waals surface area contributed by atoms with Crippen molar-refractivity contribution in [2.24, 2.45) is 17.1 Å². The molecule has 1 saturated heterocycles. The molecule has 3 N–H and O–H groups in total. The van der Waals surface area contributed by atoms with Gasteiger partial charge in [-0.05, 0) is 18.6 Å². The zero-order chi connectivity index (χ0) is 14.4. The number of hydrogen-bond donors (Lipinski definition) is 2. The predicted molar refractivity (Wildman–Crippen MR) is 74.0 cm³/mol. The van der Waals surface area contributed by atoms with Gasteiger partial charge in [0.05, 0.1) is 12.4 Å². The van der Waals surface area contributed by atoms with Gasteiger partial charge >= 0.3 is 0 Å². The fraction of sp³-hybridized carbons (Fsp3) is 0.667. The van der Waals surface area contributed by atoms with Crippen LogP contribution in [0.2, 0.25) is 0 Å². The van der Waals surface area contributed by atoms with Gasteiger partial charge < -0.3 is 20.2 Å². The maximum atomic E-state index is 12.5. The third-order valence-corrected chi connectivity index (χ3v) is 5.07. The largest absolute Gasteiger partial charge is 0.469 e. The van der Waals surface area contributed by atoms with Crippen molar-refractivity contribution in [3.63, 3.8) is 0 Å². The minimum Gasteiger partial charge on any atom is -0.469 e. The molecule has 5 heteroatoms. The van der Waals surface area contributed by atoms with Crippen LogP contribution < -0.4 is 11.1 Å². The van der Waals surface area contributed by atoms with Gasteiger partial charge in [-0.2, -0.15) is 0 Å². The van der Waals surface area contributed by atoms with Gasteiger partial charge in [-0.15, -0.1) is 0 Å². The molecule has 1 saturated carbocycles. The minimum absolute atomic E-state index is 0.0687. The second-order valence-electron chi connectivity index (χ2n) is 6.36. The number of nitrogens with two attached hydrogens (primary N) is 1. The van der Waals surface area contributed by atoms with Crippen molar-refractivity contribution < 1.29 is 13.9 Å². The summed E-state index contributed by atoms with van der Waals surface area (Å²) in [5.74, 6) is 0.938. The summed E-state index contributed by atoms with van der Waals surface area (Å²) in [6.45, 7) is 5.29. The van der Waals surface area contributed by atoms with E-state index in [-0.39, 0.29) is 23.3 Å². The van der Waals surface area contributed by atoms with Crippen molar-refractivity contribution >= 4 is 5.91 Å². The Bertz CT molecular complexity index is 497. The van der Waals surface area contributed by atoms with E-state index in [0.717, 1.165) is 12.2 Å². The maximum Gasteiger partial charge on any atom is 0.241 e. The summed E-state index contributed by atoms with van der Waals surface area (Å²) in [5, 5.41) is 2.95. The average Bonchev–Trinajstić information content (AvgIpc) is 3.07. The van der Waals surface area contributed by atoms with E-state index >= 15 is 0 Å². The molecular weight excluding hydrogens is 256 g/mol. The number of amides is 1. The monoisotopic (exact) mass is 278 g/mol. The lowest BCUT2D eigenvalue weighted by Gasteiger charge is -2.60. The van der Waals surface area contributed by atoms with E-state index in [1.165, 1.54) is 0 Å². The van der Waals surface area contributed by atoms with Gasteiger partial charge in [0.2, 0.25) is 5.91 Å². The molecule has 0 spiro atoms. The number of carbonyl (C=O) groups excluding carboxylic acids is 1. The van der Waals surface area contributed by atoms with E-state index in [1.54, 1.807) is 6.26 Å². The van der Waals surface area contributed by atoms with Gasteiger partial charge in [0.1, 0.15) is 11.3 Å². The lowest BCUT2D eigenvalue weighted by atomic mass is 9.48. The van der Waals surface area contributed by atoms with Crippen LogP contribution in [0.3, 0.4) is 0 Å². The van der Waals surface area contributed by atoms with Gasteiger partial charge in [-0.25, -0.2) is 0 Å². The van der Waals surface area contributed by atoms with Crippen LogP contribution in [-0.4, -0.2) is 30.7 Å². The molecule has 1 aromatic heterocycles. The van der Waals surface area contributed by atoms with Crippen molar-refractivity contribution in [2.75, 3.05) is 13.2 Å². The second kappa shape index (κ2) is 4.60. The maximum absolute atomic E-state index is 12.5. The molecular formula is C15H22N2O3. The number of carbonyl (C=O) groups is 1. The Labute approximate surface area is 118 Å². The minimum atomic E-state index is -0.822. The summed E-state index contributed by atoms with van der Waals surface area (Å²) in [5.41, 5.74) is 5.31. The molecule has 1 aliphatic heterocycles. The van der Waals surface area contributed by atoms with Crippen LogP contribution in [0.25, 0.3) is 0 Å². The summed E-state index contributed by atoms with van der Waals surface area (Å²) in [6, 6.07) is 3.75. The van der Waals surface area contributed by atoms with Crippen LogP contribution in [0, 0.1) is 11.3 Å². The molecule has 5 nitrogen and oxygen atoms in total. The number of ether oxygens (including phenoxy) is 1. The van der Waals surface area contributed by atoms with Crippen molar-refractivity contribution in [1.82, 2.24) is 5.32 Å². The zero-order valence-corrected chi connectivity index (χ0v) is 12.0. The van der Waals surface area contributed by atoms with Crippen molar-refractivity contribution in [2.45, 2.75) is 38.3 Å². The quantitative estimate of drug-likeness (QED) is 0.864. The Morgan fingerprint density at radius 1 is 1.55 bits per heavy atom. The van der Waals surface area contributed by atoms with Crippen LogP contribution in [0.4, 0.5) is 0 Å². The van der Waals surface area contributed by atoms with Crippen molar-refractivity contribution in [3.05, 3.63) is 24.2 Å². The van der Waals surface area contributed by atoms with Crippen LogP contribution >= 0.6 is 0 Å². The molecule has 20 heavy (non-hydrogen) atoms. The highest BCUT2D eigenvalue weighted by atomic mass is 16.5. The molecule has 1 amide bonds. The number of rotatable bonds is 4. The molecule has 2 aliphatic rings. The van der Waals surface area contributed by atoms with Crippen LogP contribution in [0.5, 0.6) is 0 Å². The van der Waals surface area contributed by atoms with E-state index in [4.69, 9.17) is 14.9 Å². The first-order chi connectivity index (χ1) is 9.48. The molecule has 1 aliphatic carbocycles. The third-order valence-electron chi connectivity index (χ3n) is 5.07. The fourth-order valence-corrected chi connectivity index (χ4v) is 3.75. The summed E-state index contributed by atoms with van der Waals surface area (Å²) in [4.78, 5) is 12.5. The first-order valence-electron chi connectivity index (χ1n) is 7.19. The molecule has 2 heterocycles. The summed E-state index contributed by atoms with van der Waals surface area (Å²) < 4.78 is 11.0. The SMILES string of the molecule is CC1(C)C2OCCC2C1(N)C(=O)NCCc1ccco1. The van der Waals surface area contributed by atoms with Gasteiger partial charge in [0.15, 0.2) is 0 Å². The fourth-order valence-electron chi connectivity index (χ4n) is 3.75. The number of nitrogens with one attached hydrogen (secondary N) is 1. The Kier molecular flexibility index (Phi) is 3.14. The number of fused-ring (bicyclic) bond motifs is 1. The van der Waals surface area contributed by atoms with Gasteiger partial charge in [0.25, 0.3) is 0 Å². The molecule has 0 bridgehead atoms. The molecule has 2 fully saturated rings. The number of hydrogen-bond acceptors (Lipinski definition) is 4. The number of furan rings is 1. The molecule has 0 aromatic carbocycles. The summed E-state index contributed by atoms with van der Waals surface area (Å²) in [7, 11) is 0. The highest BCUT2D eigenvalue weighted by Crippen LogP contribution is 2.58. The van der Waals surface area contributed by atoms with E-state index in [0.29, 0.717) is 19.6 Å². The summed E-state index contributed by atoms with van der Waals surface area (Å²) >= 11 is 0. The Hall–Kier alpha value is -1.33. The van der Waals surface area contributed by atoms with Crippen LogP contribution in [-0.2, 0) is 16.0 Å². The first-order valence-corrected chi connectivity index (χ1v) is 7.19. The van der Waals surface area contributed by atoms with Crippen molar-refractivity contribution in [1.29, 1.82) is 0 Å². The predicted octanol–water partition coefficient (Wildman–Crippen LogP) is 1.08. The van der Waals surface area contributed by atoms with Gasteiger partial charge in [-0.3, -0.25) is 4.79 Å². The Morgan fingerprint density at radius 3 is 3.05 bits per heavy atom. The highest BCUT2D eigenvalue weighted by Gasteiger charge is 2.71. The van der Waals surface area contributed by atoms with Crippen molar-refractivity contribution in [3.8, 4) is 0 Å². The highest BCUT2D eigenvalue weighted by molar-refractivity contribution is 5.89. The molecule has 3 unspecified atom stereocenters. The molecule has 3 atom stereocenters. The topological polar surface area (TPSA) is 77.5 Å². The molecule has 110 valence electrons. The molecule has 3 rings (SSSR count). The second-order valence-corrected chi connectivity index (χ2v) is 6.36. The van der Waals surface area contributed by atoms with Gasteiger partial charge in [0, 0.05) is 30.9 Å². The van der Waals surface area contributed by atoms with Gasteiger partial charge in [-0.1, -0.05) is 13.8 Å². The van der Waals surface area contributed by atoms with E-state index in [1.807, 2.05) is 26.0 Å². The Balaban J connectivity index is 1.61. The van der Waals surface area contributed by atoms with Crippen LogP contribution in [0.15, 0.2) is 22.8 Å². The van der Waals surface area contributed by atoms with E-state index < -0.39 is 5.54 Å². The zero-order valence-electron chi connectivity index (χ0n) is 12.0. The normalized spacial score (nSPS) is 34.4. The first kappa shape index (κ1) is 13.6. The summed E-state index contributed by atoms with van der Waals surface area (Å²) in [6.07, 6.45) is 3.30. The third kappa shape index (κ3) is 1.73. The Morgan fingerprint density at radius 2 is 2.35 bits per heavy atom. The average molecular weight is 278 g/mol. The standard InChI is InChI=1S/C15H22N2O3/c1-14(2)12-11(6-9-20-12)15(14,16)13(18)17-7-5-10-4-3-8-19-10/h3-4,8,11-12H,5-7,9,16H2,1-2H3,(H,17,18). The lowest BCUT2D eigenvalue weighted by Crippen LogP contribution is -2.80. The lowest BCUT2D eigenvalue weighted by molar-refractivity contribution is -0.175.